The van der Waals surface area contributed by atoms with Gasteiger partial charge in [0.15, 0.2) is 0 Å². The van der Waals surface area contributed by atoms with E-state index in [1.165, 1.54) is 11.4 Å². The Morgan fingerprint density at radius 3 is 2.79 bits per heavy atom. The molecule has 1 aromatic heterocycles. The zero-order chi connectivity index (χ0) is 10.8. The monoisotopic (exact) mass is 237 g/mol. The fraction of sp³-hybridized carbons (Fsp3) is 0.500. The number of alkyl halides is 1. The second kappa shape index (κ2) is 4.37. The van der Waals surface area contributed by atoms with E-state index in [9.17, 15) is 12.8 Å². The molecule has 1 unspecified atom stereocenters. The first-order valence-electron chi connectivity index (χ1n) is 4.21. The highest BCUT2D eigenvalue weighted by Gasteiger charge is 2.21. The van der Waals surface area contributed by atoms with Crippen LogP contribution in [0.4, 0.5) is 4.39 Å². The molecule has 1 rings (SSSR count). The number of halogens is 1. The number of rotatable bonds is 4. The Kier molecular flexibility index (Phi) is 3.63. The van der Waals surface area contributed by atoms with Crippen LogP contribution in [-0.4, -0.2) is 8.42 Å². The molecule has 0 aromatic carbocycles. The predicted octanol–water partition coefficient (Wildman–Crippen LogP) is 2.21. The summed E-state index contributed by atoms with van der Waals surface area (Å²) >= 11 is 0.958. The molecular formula is C8H12FNO2S2. The number of hydrogen-bond acceptors (Lipinski definition) is 3. The van der Waals surface area contributed by atoms with E-state index in [2.05, 4.69) is 0 Å². The van der Waals surface area contributed by atoms with Gasteiger partial charge in [-0.15, -0.1) is 11.3 Å². The van der Waals surface area contributed by atoms with Gasteiger partial charge in [0.05, 0.1) is 0 Å². The van der Waals surface area contributed by atoms with Gasteiger partial charge in [-0.2, -0.15) is 0 Å². The van der Waals surface area contributed by atoms with E-state index in [0.29, 0.717) is 12.8 Å². The number of thiophene rings is 1. The molecule has 1 heterocycles. The second-order valence-corrected chi connectivity index (χ2v) is 5.64. The van der Waals surface area contributed by atoms with E-state index in [0.717, 1.165) is 11.3 Å². The van der Waals surface area contributed by atoms with Gasteiger partial charge in [0.2, 0.25) is 10.0 Å². The molecule has 0 aliphatic heterocycles. The molecule has 0 bridgehead atoms. The molecule has 1 atom stereocenters. The average molecular weight is 237 g/mol. The van der Waals surface area contributed by atoms with Crippen molar-refractivity contribution in [3.8, 4) is 0 Å². The minimum absolute atomic E-state index is 0.0570. The van der Waals surface area contributed by atoms with Crippen molar-refractivity contribution in [1.29, 1.82) is 0 Å². The predicted molar refractivity (Wildman–Crippen MR) is 54.4 cm³/mol. The summed E-state index contributed by atoms with van der Waals surface area (Å²) in [6, 6.07) is 1.48. The molecule has 2 N–H and O–H groups in total. The lowest BCUT2D eigenvalue weighted by molar-refractivity contribution is 0.317. The van der Waals surface area contributed by atoms with Crippen LogP contribution < -0.4 is 5.14 Å². The molecule has 1 aromatic rings. The smallest absolute Gasteiger partial charge is 0.242 e. The third-order valence-electron chi connectivity index (χ3n) is 1.80. The second-order valence-electron chi connectivity index (χ2n) is 2.96. The van der Waals surface area contributed by atoms with Crippen molar-refractivity contribution in [1.82, 2.24) is 0 Å². The van der Waals surface area contributed by atoms with Gasteiger partial charge in [0.1, 0.15) is 10.4 Å². The van der Waals surface area contributed by atoms with E-state index in [-0.39, 0.29) is 9.77 Å². The van der Waals surface area contributed by atoms with Crippen molar-refractivity contribution < 1.29 is 12.8 Å². The molecule has 14 heavy (non-hydrogen) atoms. The van der Waals surface area contributed by atoms with Crippen molar-refractivity contribution in [3.05, 3.63) is 17.0 Å². The first kappa shape index (κ1) is 11.6. The fourth-order valence-electron chi connectivity index (χ4n) is 1.18. The largest absolute Gasteiger partial charge is 0.247 e. The lowest BCUT2D eigenvalue weighted by atomic mass is 10.1. The lowest BCUT2D eigenvalue weighted by Crippen LogP contribution is -2.12. The van der Waals surface area contributed by atoms with Crippen LogP contribution in [0.15, 0.2) is 15.7 Å². The Morgan fingerprint density at radius 2 is 2.29 bits per heavy atom. The summed E-state index contributed by atoms with van der Waals surface area (Å²) in [7, 11) is -3.77. The molecule has 6 heteroatoms. The number of nitrogens with two attached hydrogens (primary N) is 1. The summed E-state index contributed by atoms with van der Waals surface area (Å²) in [4.78, 5) is 0. The first-order chi connectivity index (χ1) is 6.46. The minimum Gasteiger partial charge on any atom is -0.242 e. The van der Waals surface area contributed by atoms with Crippen molar-refractivity contribution in [2.45, 2.75) is 30.1 Å². The molecule has 0 saturated heterocycles. The van der Waals surface area contributed by atoms with E-state index < -0.39 is 16.2 Å². The highest BCUT2D eigenvalue weighted by molar-refractivity contribution is 7.91. The Balaban J connectivity index is 3.05. The molecule has 80 valence electrons. The maximum atomic E-state index is 13.4. The summed E-state index contributed by atoms with van der Waals surface area (Å²) < 4.78 is 35.5. The van der Waals surface area contributed by atoms with Crippen LogP contribution in [0, 0.1) is 0 Å². The Hall–Kier alpha value is -0.460. The van der Waals surface area contributed by atoms with Crippen LogP contribution in [0.1, 0.15) is 31.5 Å². The highest BCUT2D eigenvalue weighted by Crippen LogP contribution is 2.31. The fourth-order valence-corrected chi connectivity index (χ4v) is 3.08. The molecule has 0 aliphatic rings. The van der Waals surface area contributed by atoms with Crippen LogP contribution in [0.25, 0.3) is 0 Å². The van der Waals surface area contributed by atoms with E-state index in [4.69, 9.17) is 5.14 Å². The zero-order valence-electron chi connectivity index (χ0n) is 7.73. The molecule has 0 amide bonds. The SMILES string of the molecule is CCCC(F)c1ccsc1S(N)(=O)=O. The van der Waals surface area contributed by atoms with E-state index >= 15 is 0 Å². The molecule has 0 fully saturated rings. The van der Waals surface area contributed by atoms with Gasteiger partial charge < -0.3 is 0 Å². The van der Waals surface area contributed by atoms with Gasteiger partial charge in [0, 0.05) is 5.56 Å². The van der Waals surface area contributed by atoms with Crippen LogP contribution in [0.3, 0.4) is 0 Å². The summed E-state index contributed by atoms with van der Waals surface area (Å²) in [5, 5.41) is 6.49. The van der Waals surface area contributed by atoms with Gasteiger partial charge in [-0.1, -0.05) is 13.3 Å². The quantitative estimate of drug-likeness (QED) is 0.872. The van der Waals surface area contributed by atoms with Crippen molar-refractivity contribution in [2.24, 2.45) is 5.14 Å². The lowest BCUT2D eigenvalue weighted by Gasteiger charge is -2.06. The number of primary sulfonamides is 1. The maximum Gasteiger partial charge on any atom is 0.247 e. The molecule has 0 spiro atoms. The molecule has 0 saturated carbocycles. The van der Waals surface area contributed by atoms with Gasteiger partial charge >= 0.3 is 0 Å². The average Bonchev–Trinajstić information content (AvgIpc) is 2.50. The molecule has 0 radical (unpaired) electrons. The summed E-state index contributed by atoms with van der Waals surface area (Å²) in [6.45, 7) is 1.84. The number of sulfonamides is 1. The van der Waals surface area contributed by atoms with Crippen molar-refractivity contribution in [2.75, 3.05) is 0 Å². The minimum atomic E-state index is -3.77. The van der Waals surface area contributed by atoms with Crippen LogP contribution in [0.2, 0.25) is 0 Å². The zero-order valence-corrected chi connectivity index (χ0v) is 9.37. The molecule has 0 aliphatic carbocycles. The summed E-state index contributed by atoms with van der Waals surface area (Å²) in [6.07, 6.45) is -0.250. The van der Waals surface area contributed by atoms with Gasteiger partial charge in [-0.3, -0.25) is 0 Å². The topological polar surface area (TPSA) is 60.2 Å². The third-order valence-corrected chi connectivity index (χ3v) is 4.26. The van der Waals surface area contributed by atoms with E-state index in [1.54, 1.807) is 0 Å². The first-order valence-corrected chi connectivity index (χ1v) is 6.63. The van der Waals surface area contributed by atoms with Gasteiger partial charge in [0.25, 0.3) is 0 Å². The standard InChI is InChI=1S/C8H12FNO2S2/c1-2-3-7(9)6-4-5-13-8(6)14(10,11)12/h4-5,7H,2-3H2,1H3,(H2,10,11,12). The summed E-state index contributed by atoms with van der Waals surface area (Å²) in [5.41, 5.74) is 0.194. The van der Waals surface area contributed by atoms with Gasteiger partial charge in [-0.05, 0) is 17.9 Å². The maximum absolute atomic E-state index is 13.4. The van der Waals surface area contributed by atoms with Crippen molar-refractivity contribution in [3.63, 3.8) is 0 Å². The highest BCUT2D eigenvalue weighted by atomic mass is 32.2. The van der Waals surface area contributed by atoms with E-state index in [1.807, 2.05) is 6.92 Å². The normalized spacial score (nSPS) is 14.2. The molecule has 3 nitrogen and oxygen atoms in total. The summed E-state index contributed by atoms with van der Waals surface area (Å²) in [5.74, 6) is 0. The van der Waals surface area contributed by atoms with Crippen LogP contribution in [-0.2, 0) is 10.0 Å². The van der Waals surface area contributed by atoms with Crippen LogP contribution in [0.5, 0.6) is 0 Å². The molecular weight excluding hydrogens is 225 g/mol. The van der Waals surface area contributed by atoms with Crippen molar-refractivity contribution >= 4 is 21.4 Å². The Morgan fingerprint density at radius 1 is 1.64 bits per heavy atom. The van der Waals surface area contributed by atoms with Gasteiger partial charge in [-0.25, -0.2) is 17.9 Å². The Bertz CT molecular complexity index is 399. The number of hydrogen-bond donors (Lipinski definition) is 1. The third kappa shape index (κ3) is 2.52. The van der Waals surface area contributed by atoms with Crippen LogP contribution >= 0.6 is 11.3 Å². The Labute approximate surface area is 86.8 Å².